The van der Waals surface area contributed by atoms with Crippen molar-refractivity contribution in [1.82, 2.24) is 14.8 Å². The average Bonchev–Trinajstić information content (AvgIpc) is 2.79. The monoisotopic (exact) mass is 315 g/mol. The molecule has 0 aliphatic rings. The Labute approximate surface area is 113 Å². The van der Waals surface area contributed by atoms with Gasteiger partial charge in [-0.15, -0.1) is 11.6 Å². The van der Waals surface area contributed by atoms with Crippen LogP contribution in [0.4, 0.5) is 0 Å². The molecule has 0 atom stereocenters. The lowest BCUT2D eigenvalue weighted by atomic mass is 10.2. The van der Waals surface area contributed by atoms with Crippen LogP contribution in [0.5, 0.6) is 5.75 Å². The second-order valence-electron chi connectivity index (χ2n) is 3.42. The second kappa shape index (κ2) is 5.51. The number of ether oxygens (including phenoxy) is 1. The van der Waals surface area contributed by atoms with E-state index in [4.69, 9.17) is 16.3 Å². The maximum Gasteiger partial charge on any atom is 0.142 e. The minimum Gasteiger partial charge on any atom is -0.497 e. The van der Waals surface area contributed by atoms with E-state index in [-0.39, 0.29) is 0 Å². The van der Waals surface area contributed by atoms with Crippen molar-refractivity contribution >= 4 is 27.5 Å². The molecule has 2 rings (SSSR count). The molecule has 0 fully saturated rings. The van der Waals surface area contributed by atoms with Gasteiger partial charge in [0.1, 0.15) is 17.9 Å². The summed E-state index contributed by atoms with van der Waals surface area (Å²) in [7, 11) is 1.65. The van der Waals surface area contributed by atoms with Crippen LogP contribution >= 0.6 is 27.5 Å². The summed E-state index contributed by atoms with van der Waals surface area (Å²) in [6, 6.07) is 5.81. The molecule has 0 bridgehead atoms. The Kier molecular flexibility index (Phi) is 4.02. The van der Waals surface area contributed by atoms with Crippen LogP contribution in [0.2, 0.25) is 0 Å². The fraction of sp³-hybridized carbons (Fsp3) is 0.273. The van der Waals surface area contributed by atoms with Crippen molar-refractivity contribution in [3.8, 4) is 5.75 Å². The van der Waals surface area contributed by atoms with E-state index in [0.717, 1.165) is 21.6 Å². The van der Waals surface area contributed by atoms with Crippen molar-refractivity contribution in [2.24, 2.45) is 0 Å². The summed E-state index contributed by atoms with van der Waals surface area (Å²) < 4.78 is 7.97. The molecule has 17 heavy (non-hydrogen) atoms. The third kappa shape index (κ3) is 2.79. The summed E-state index contributed by atoms with van der Waals surface area (Å²) >= 11 is 9.28. The molecular weight excluding hydrogens is 305 g/mol. The van der Waals surface area contributed by atoms with E-state index >= 15 is 0 Å². The third-order valence-corrected chi connectivity index (χ3v) is 3.40. The van der Waals surface area contributed by atoms with E-state index in [0.29, 0.717) is 12.4 Å². The lowest BCUT2D eigenvalue weighted by Crippen LogP contribution is -2.06. The van der Waals surface area contributed by atoms with Crippen LogP contribution in [0.25, 0.3) is 0 Å². The van der Waals surface area contributed by atoms with Crippen LogP contribution in [-0.4, -0.2) is 21.9 Å². The fourth-order valence-corrected chi connectivity index (χ4v) is 2.06. The Morgan fingerprint density at radius 3 is 3.00 bits per heavy atom. The highest BCUT2D eigenvalue weighted by molar-refractivity contribution is 9.10. The molecule has 0 aliphatic carbocycles. The van der Waals surface area contributed by atoms with E-state index in [1.165, 1.54) is 6.33 Å². The van der Waals surface area contributed by atoms with Crippen LogP contribution in [0, 0.1) is 0 Å². The van der Waals surface area contributed by atoms with Crippen molar-refractivity contribution in [2.75, 3.05) is 7.11 Å². The van der Waals surface area contributed by atoms with E-state index in [9.17, 15) is 0 Å². The summed E-state index contributed by atoms with van der Waals surface area (Å²) in [4.78, 5) is 4.08. The van der Waals surface area contributed by atoms with Gasteiger partial charge in [-0.3, -0.25) is 0 Å². The SMILES string of the molecule is COc1ccc(Br)c(Cn2ncnc2CCl)c1. The summed E-state index contributed by atoms with van der Waals surface area (Å²) in [5.41, 5.74) is 1.07. The van der Waals surface area contributed by atoms with Crippen LogP contribution in [-0.2, 0) is 12.4 Å². The highest BCUT2D eigenvalue weighted by Gasteiger charge is 2.07. The van der Waals surface area contributed by atoms with Gasteiger partial charge in [0, 0.05) is 4.47 Å². The molecule has 2 aromatic rings. The topological polar surface area (TPSA) is 39.9 Å². The van der Waals surface area contributed by atoms with E-state index in [1.807, 2.05) is 18.2 Å². The van der Waals surface area contributed by atoms with Crippen molar-refractivity contribution in [1.29, 1.82) is 0 Å². The molecule has 0 unspecified atom stereocenters. The Morgan fingerprint density at radius 1 is 1.47 bits per heavy atom. The fourth-order valence-electron chi connectivity index (χ4n) is 1.48. The average molecular weight is 317 g/mol. The van der Waals surface area contributed by atoms with Gasteiger partial charge in [0.05, 0.1) is 19.5 Å². The Hall–Kier alpha value is -1.07. The smallest absolute Gasteiger partial charge is 0.142 e. The van der Waals surface area contributed by atoms with Gasteiger partial charge in [0.25, 0.3) is 0 Å². The second-order valence-corrected chi connectivity index (χ2v) is 4.55. The number of aromatic nitrogens is 3. The molecule has 6 heteroatoms. The number of alkyl halides is 1. The van der Waals surface area contributed by atoms with E-state index < -0.39 is 0 Å². The standard InChI is InChI=1S/C11H11BrClN3O/c1-17-9-2-3-10(12)8(4-9)6-16-11(5-13)14-7-15-16/h2-4,7H,5-6H2,1H3. The molecule has 90 valence electrons. The lowest BCUT2D eigenvalue weighted by molar-refractivity contribution is 0.414. The van der Waals surface area contributed by atoms with Gasteiger partial charge in [-0.1, -0.05) is 15.9 Å². The number of halogens is 2. The Morgan fingerprint density at radius 2 is 2.29 bits per heavy atom. The zero-order valence-corrected chi connectivity index (χ0v) is 11.6. The first kappa shape index (κ1) is 12.4. The summed E-state index contributed by atoms with van der Waals surface area (Å²) in [5.74, 6) is 1.92. The number of rotatable bonds is 4. The minimum absolute atomic E-state index is 0.349. The molecule has 0 amide bonds. The van der Waals surface area contributed by atoms with E-state index in [1.54, 1.807) is 11.8 Å². The number of nitrogens with zero attached hydrogens (tertiary/aromatic N) is 3. The van der Waals surface area contributed by atoms with Gasteiger partial charge in [0.2, 0.25) is 0 Å². The van der Waals surface area contributed by atoms with Gasteiger partial charge < -0.3 is 4.74 Å². The molecule has 0 saturated heterocycles. The molecule has 0 radical (unpaired) electrons. The van der Waals surface area contributed by atoms with Gasteiger partial charge in [-0.25, -0.2) is 9.67 Å². The quantitative estimate of drug-likeness (QED) is 0.814. The molecule has 0 saturated carbocycles. The number of benzene rings is 1. The van der Waals surface area contributed by atoms with Gasteiger partial charge in [-0.2, -0.15) is 5.10 Å². The predicted molar refractivity (Wildman–Crippen MR) is 69.4 cm³/mol. The first-order chi connectivity index (χ1) is 8.24. The summed E-state index contributed by atoms with van der Waals surface area (Å²) in [6.07, 6.45) is 1.51. The van der Waals surface area contributed by atoms with Crippen LogP contribution < -0.4 is 4.74 Å². The minimum atomic E-state index is 0.349. The first-order valence-corrected chi connectivity index (χ1v) is 6.32. The maximum atomic E-state index is 5.78. The number of hydrogen-bond donors (Lipinski definition) is 0. The molecular formula is C11H11BrClN3O. The summed E-state index contributed by atoms with van der Waals surface area (Å²) in [5, 5.41) is 4.14. The van der Waals surface area contributed by atoms with E-state index in [2.05, 4.69) is 26.0 Å². The van der Waals surface area contributed by atoms with Gasteiger partial charge >= 0.3 is 0 Å². The molecule has 0 aliphatic heterocycles. The number of hydrogen-bond acceptors (Lipinski definition) is 3. The molecule has 0 spiro atoms. The van der Waals surface area contributed by atoms with Crippen molar-refractivity contribution in [2.45, 2.75) is 12.4 Å². The Balaban J connectivity index is 2.29. The van der Waals surface area contributed by atoms with Crippen LogP contribution in [0.15, 0.2) is 29.0 Å². The van der Waals surface area contributed by atoms with Crippen molar-refractivity contribution in [3.05, 3.63) is 40.4 Å². The predicted octanol–water partition coefficient (Wildman–Crippen LogP) is 2.84. The van der Waals surface area contributed by atoms with Crippen LogP contribution in [0.1, 0.15) is 11.4 Å². The third-order valence-electron chi connectivity index (χ3n) is 2.39. The maximum absolute atomic E-state index is 5.78. The molecule has 0 N–H and O–H groups in total. The number of methoxy groups -OCH3 is 1. The highest BCUT2D eigenvalue weighted by Crippen LogP contribution is 2.23. The van der Waals surface area contributed by atoms with Crippen molar-refractivity contribution < 1.29 is 4.74 Å². The molecule has 1 aromatic heterocycles. The molecule has 1 heterocycles. The van der Waals surface area contributed by atoms with Gasteiger partial charge in [-0.05, 0) is 23.8 Å². The normalized spacial score (nSPS) is 10.5. The van der Waals surface area contributed by atoms with Gasteiger partial charge in [0.15, 0.2) is 0 Å². The zero-order chi connectivity index (χ0) is 12.3. The first-order valence-electron chi connectivity index (χ1n) is 4.99. The van der Waals surface area contributed by atoms with Crippen molar-refractivity contribution in [3.63, 3.8) is 0 Å². The molecule has 1 aromatic carbocycles. The Bertz CT molecular complexity index is 515. The lowest BCUT2D eigenvalue weighted by Gasteiger charge is -2.08. The molecule has 4 nitrogen and oxygen atoms in total. The van der Waals surface area contributed by atoms with Crippen LogP contribution in [0.3, 0.4) is 0 Å². The highest BCUT2D eigenvalue weighted by atomic mass is 79.9. The summed E-state index contributed by atoms with van der Waals surface area (Å²) in [6.45, 7) is 0.611. The zero-order valence-electron chi connectivity index (χ0n) is 9.23. The largest absolute Gasteiger partial charge is 0.497 e.